The highest BCUT2D eigenvalue weighted by Crippen LogP contribution is 2.28. The summed E-state index contributed by atoms with van der Waals surface area (Å²) in [6.45, 7) is -0.569. The van der Waals surface area contributed by atoms with Crippen molar-refractivity contribution in [2.24, 2.45) is 0 Å². The number of nitrogens with one attached hydrogen (secondary N) is 1. The van der Waals surface area contributed by atoms with Crippen molar-refractivity contribution in [1.29, 1.82) is 0 Å². The molecule has 0 spiro atoms. The van der Waals surface area contributed by atoms with Gasteiger partial charge in [0.15, 0.2) is 0 Å². The normalized spacial score (nSPS) is 14.7. The maximum atomic E-state index is 14.2. The number of carbonyl (C=O) groups excluding carboxylic acids is 2. The van der Waals surface area contributed by atoms with Gasteiger partial charge in [-0.15, -0.1) is 0 Å². The molecule has 1 aliphatic carbocycles. The Bertz CT molecular complexity index is 1460. The minimum atomic E-state index is -3.85. The van der Waals surface area contributed by atoms with Gasteiger partial charge in [-0.3, -0.25) is 13.9 Å². The molecule has 2 amide bonds. The van der Waals surface area contributed by atoms with Crippen LogP contribution in [0, 0.1) is 3.57 Å². The van der Waals surface area contributed by atoms with Crippen molar-refractivity contribution in [2.75, 3.05) is 17.1 Å². The molecule has 3 aromatic carbocycles. The number of sulfonamides is 1. The average molecular weight is 743 g/mol. The van der Waals surface area contributed by atoms with Crippen molar-refractivity contribution in [3.63, 3.8) is 0 Å². The van der Waals surface area contributed by atoms with Crippen molar-refractivity contribution in [3.05, 3.63) is 97.5 Å². The fraction of sp³-hybridized carbons (Fsp3) is 0.355. The summed E-state index contributed by atoms with van der Waals surface area (Å²) in [5, 5.41) is 3.88. The zero-order valence-corrected chi connectivity index (χ0v) is 27.8. The lowest BCUT2D eigenvalue weighted by Crippen LogP contribution is -2.55. The van der Waals surface area contributed by atoms with Crippen LogP contribution in [-0.4, -0.2) is 50.0 Å². The zero-order chi connectivity index (χ0) is 30.3. The molecular formula is C31H34Cl2IN3O4S. The van der Waals surface area contributed by atoms with E-state index in [2.05, 4.69) is 27.9 Å². The van der Waals surface area contributed by atoms with Gasteiger partial charge in [0.25, 0.3) is 0 Å². The molecule has 1 fully saturated rings. The Hall–Kier alpha value is -2.34. The van der Waals surface area contributed by atoms with Gasteiger partial charge in [0.2, 0.25) is 21.8 Å². The molecule has 1 N–H and O–H groups in total. The Balaban J connectivity index is 1.75. The van der Waals surface area contributed by atoms with E-state index < -0.39 is 28.5 Å². The predicted octanol–water partition coefficient (Wildman–Crippen LogP) is 6.45. The lowest BCUT2D eigenvalue weighted by atomic mass is 9.94. The van der Waals surface area contributed by atoms with Gasteiger partial charge >= 0.3 is 0 Å². The molecule has 3 aromatic rings. The first-order valence-electron chi connectivity index (χ1n) is 13.8. The maximum absolute atomic E-state index is 14.2. The Labute approximate surface area is 271 Å². The topological polar surface area (TPSA) is 86.8 Å². The molecule has 0 radical (unpaired) electrons. The summed E-state index contributed by atoms with van der Waals surface area (Å²) >= 11 is 15.2. The zero-order valence-electron chi connectivity index (χ0n) is 23.3. The molecular weight excluding hydrogens is 708 g/mol. The molecule has 1 aliphatic rings. The number of hydrogen-bond donors (Lipinski definition) is 1. The lowest BCUT2D eigenvalue weighted by molar-refractivity contribution is -0.140. The van der Waals surface area contributed by atoms with E-state index in [1.165, 1.54) is 4.90 Å². The molecule has 224 valence electrons. The summed E-state index contributed by atoms with van der Waals surface area (Å²) in [6, 6.07) is 20.4. The molecule has 0 heterocycles. The minimum absolute atomic E-state index is 0.0182. The summed E-state index contributed by atoms with van der Waals surface area (Å²) in [6.07, 6.45) is 6.25. The standard InChI is InChI=1S/C31H34Cl2IN3O4S/c1-42(40,41)37(25-17-15-23(34)16-18-25)21-30(38)36(20-26-27(32)13-8-14-28(26)33)29(19-22-9-4-2-5-10-22)31(39)35-24-11-6-3-7-12-24/h2,4-5,8-10,13-18,24,29H,3,6-7,11-12,19-21H2,1H3,(H,35,39). The average Bonchev–Trinajstić information content (AvgIpc) is 2.96. The molecule has 0 aliphatic heterocycles. The second-order valence-corrected chi connectivity index (χ2v) is 14.5. The maximum Gasteiger partial charge on any atom is 0.244 e. The highest BCUT2D eigenvalue weighted by atomic mass is 127. The van der Waals surface area contributed by atoms with Gasteiger partial charge in [0.1, 0.15) is 12.6 Å². The van der Waals surface area contributed by atoms with E-state index in [0.717, 1.165) is 51.8 Å². The fourth-order valence-electron chi connectivity index (χ4n) is 5.17. The summed E-state index contributed by atoms with van der Waals surface area (Å²) in [5.41, 5.74) is 1.70. The van der Waals surface area contributed by atoms with Crippen LogP contribution in [0.2, 0.25) is 10.0 Å². The van der Waals surface area contributed by atoms with Crippen LogP contribution in [0.25, 0.3) is 0 Å². The number of amides is 2. The summed E-state index contributed by atoms with van der Waals surface area (Å²) in [4.78, 5) is 29.7. The monoisotopic (exact) mass is 741 g/mol. The fourth-order valence-corrected chi connectivity index (χ4v) is 6.90. The Morgan fingerprint density at radius 3 is 2.14 bits per heavy atom. The van der Waals surface area contributed by atoms with E-state index in [9.17, 15) is 18.0 Å². The van der Waals surface area contributed by atoms with Gasteiger partial charge < -0.3 is 10.2 Å². The number of anilines is 1. The number of rotatable bonds is 11. The Kier molecular flexibility index (Phi) is 11.6. The van der Waals surface area contributed by atoms with Gasteiger partial charge in [-0.1, -0.05) is 78.9 Å². The number of hydrogen-bond acceptors (Lipinski definition) is 4. The van der Waals surface area contributed by atoms with Crippen molar-refractivity contribution < 1.29 is 18.0 Å². The van der Waals surface area contributed by atoms with Crippen LogP contribution in [0.3, 0.4) is 0 Å². The third-order valence-electron chi connectivity index (χ3n) is 7.41. The summed E-state index contributed by atoms with van der Waals surface area (Å²) in [7, 11) is -3.85. The van der Waals surface area contributed by atoms with Crippen molar-refractivity contribution in [1.82, 2.24) is 10.2 Å². The largest absolute Gasteiger partial charge is 0.352 e. The molecule has 1 atom stereocenters. The van der Waals surface area contributed by atoms with E-state index in [0.29, 0.717) is 21.3 Å². The third-order valence-corrected chi connectivity index (χ3v) is 9.97. The first-order chi connectivity index (χ1) is 20.0. The molecule has 7 nitrogen and oxygen atoms in total. The number of benzene rings is 3. The van der Waals surface area contributed by atoms with Crippen LogP contribution in [0.15, 0.2) is 72.8 Å². The molecule has 4 rings (SSSR count). The SMILES string of the molecule is CS(=O)(=O)N(CC(=O)N(Cc1c(Cl)cccc1Cl)C(Cc1ccccc1)C(=O)NC1CCCCC1)c1ccc(I)cc1. The Morgan fingerprint density at radius 1 is 0.929 bits per heavy atom. The van der Waals surface area contributed by atoms with Crippen LogP contribution in [0.1, 0.15) is 43.2 Å². The van der Waals surface area contributed by atoms with Gasteiger partial charge in [-0.05, 0) is 77.4 Å². The lowest BCUT2D eigenvalue weighted by Gasteiger charge is -2.35. The third kappa shape index (κ3) is 8.84. The molecule has 0 saturated heterocycles. The minimum Gasteiger partial charge on any atom is -0.352 e. The van der Waals surface area contributed by atoms with E-state index in [-0.39, 0.29) is 24.9 Å². The summed E-state index contributed by atoms with van der Waals surface area (Å²) < 4.78 is 27.8. The predicted molar refractivity (Wildman–Crippen MR) is 177 cm³/mol. The smallest absolute Gasteiger partial charge is 0.244 e. The van der Waals surface area contributed by atoms with Gasteiger partial charge in [0.05, 0.1) is 11.9 Å². The second kappa shape index (κ2) is 14.9. The van der Waals surface area contributed by atoms with Crippen LogP contribution < -0.4 is 9.62 Å². The van der Waals surface area contributed by atoms with Gasteiger partial charge in [-0.2, -0.15) is 0 Å². The van der Waals surface area contributed by atoms with E-state index in [1.807, 2.05) is 30.3 Å². The van der Waals surface area contributed by atoms with Crippen molar-refractivity contribution in [2.45, 2.75) is 57.2 Å². The van der Waals surface area contributed by atoms with Crippen LogP contribution in [0.5, 0.6) is 0 Å². The highest BCUT2D eigenvalue weighted by molar-refractivity contribution is 14.1. The number of carbonyl (C=O) groups is 2. The van der Waals surface area contributed by atoms with Crippen LogP contribution >= 0.6 is 45.8 Å². The molecule has 1 unspecified atom stereocenters. The quantitative estimate of drug-likeness (QED) is 0.229. The van der Waals surface area contributed by atoms with E-state index >= 15 is 0 Å². The van der Waals surface area contributed by atoms with Crippen molar-refractivity contribution in [3.8, 4) is 0 Å². The first-order valence-corrected chi connectivity index (χ1v) is 17.5. The second-order valence-electron chi connectivity index (χ2n) is 10.5. The first kappa shape index (κ1) is 32.6. The van der Waals surface area contributed by atoms with Crippen LogP contribution in [0.4, 0.5) is 5.69 Å². The van der Waals surface area contributed by atoms with Crippen LogP contribution in [-0.2, 0) is 32.6 Å². The number of halogens is 3. The molecule has 0 bridgehead atoms. The molecule has 1 saturated carbocycles. The molecule has 11 heteroatoms. The van der Waals surface area contributed by atoms with Crippen molar-refractivity contribution >= 4 is 73.3 Å². The Morgan fingerprint density at radius 2 is 1.55 bits per heavy atom. The van der Waals surface area contributed by atoms with Gasteiger partial charge in [0, 0.05) is 38.2 Å². The van der Waals surface area contributed by atoms with E-state index in [1.54, 1.807) is 42.5 Å². The number of nitrogens with zero attached hydrogens (tertiary/aromatic N) is 2. The van der Waals surface area contributed by atoms with E-state index in [4.69, 9.17) is 23.2 Å². The molecule has 42 heavy (non-hydrogen) atoms. The highest BCUT2D eigenvalue weighted by Gasteiger charge is 2.34. The summed E-state index contributed by atoms with van der Waals surface area (Å²) in [5.74, 6) is -0.836. The molecule has 0 aromatic heterocycles. The van der Waals surface area contributed by atoms with Gasteiger partial charge in [-0.25, -0.2) is 8.42 Å².